The highest BCUT2D eigenvalue weighted by molar-refractivity contribution is 5.74. The SMILES string of the molecule is CCCc1ccc2c(c1)OC(O)(c1ccc3c(c1)OCC(CN1CCCC1C(=O)O)=C3)C2. The molecule has 6 nitrogen and oxygen atoms in total. The van der Waals surface area contributed by atoms with E-state index in [2.05, 4.69) is 19.1 Å². The number of carbonyl (C=O) groups is 1. The minimum atomic E-state index is -1.40. The van der Waals surface area contributed by atoms with Crippen LogP contribution in [0.4, 0.5) is 0 Å². The third kappa shape index (κ3) is 3.89. The minimum Gasteiger partial charge on any atom is -0.489 e. The van der Waals surface area contributed by atoms with Gasteiger partial charge in [-0.15, -0.1) is 0 Å². The number of nitrogens with zero attached hydrogens (tertiary/aromatic N) is 1. The number of likely N-dealkylation sites (tertiary alicyclic amines) is 1. The lowest BCUT2D eigenvalue weighted by Crippen LogP contribution is -2.38. The normalized spacial score (nSPS) is 24.3. The first kappa shape index (κ1) is 21.0. The van der Waals surface area contributed by atoms with Crippen LogP contribution in [0.2, 0.25) is 0 Å². The van der Waals surface area contributed by atoms with Gasteiger partial charge in [0.2, 0.25) is 5.79 Å². The number of hydrogen-bond acceptors (Lipinski definition) is 5. The standard InChI is InChI=1S/C26H29NO5/c1-2-4-17-6-7-20-14-26(30,32-24(20)12-17)21-9-8-19-11-18(16-31-23(19)13-21)15-27-10-3-5-22(27)25(28)29/h6-9,11-13,22,30H,2-5,10,14-16H2,1H3,(H,28,29). The van der Waals surface area contributed by atoms with Crippen LogP contribution in [-0.2, 0) is 23.4 Å². The number of hydrogen-bond donors (Lipinski definition) is 2. The molecule has 5 rings (SSSR count). The Labute approximate surface area is 188 Å². The van der Waals surface area contributed by atoms with E-state index in [9.17, 15) is 15.0 Å². The highest BCUT2D eigenvalue weighted by atomic mass is 16.6. The van der Waals surface area contributed by atoms with E-state index in [1.54, 1.807) is 0 Å². The topological polar surface area (TPSA) is 79.2 Å². The molecule has 1 saturated heterocycles. The van der Waals surface area contributed by atoms with Gasteiger partial charge in [0.1, 0.15) is 24.1 Å². The van der Waals surface area contributed by atoms with E-state index in [1.165, 1.54) is 5.56 Å². The summed E-state index contributed by atoms with van der Waals surface area (Å²) in [6.45, 7) is 3.96. The highest BCUT2D eigenvalue weighted by Gasteiger charge is 2.40. The fourth-order valence-corrected chi connectivity index (χ4v) is 5.02. The van der Waals surface area contributed by atoms with Crippen LogP contribution in [0.1, 0.15) is 48.4 Å². The Balaban J connectivity index is 1.33. The monoisotopic (exact) mass is 435 g/mol. The molecule has 3 aliphatic rings. The zero-order chi connectivity index (χ0) is 22.3. The third-order valence-corrected chi connectivity index (χ3v) is 6.67. The number of aliphatic hydroxyl groups is 1. The predicted octanol–water partition coefficient (Wildman–Crippen LogP) is 3.74. The number of benzene rings is 2. The molecule has 0 aromatic heterocycles. The average molecular weight is 436 g/mol. The Morgan fingerprint density at radius 1 is 1.22 bits per heavy atom. The van der Waals surface area contributed by atoms with Crippen LogP contribution >= 0.6 is 0 Å². The van der Waals surface area contributed by atoms with E-state index >= 15 is 0 Å². The molecule has 168 valence electrons. The Kier molecular flexibility index (Phi) is 5.43. The van der Waals surface area contributed by atoms with Crippen molar-refractivity contribution in [3.05, 3.63) is 64.2 Å². The second-order valence-corrected chi connectivity index (χ2v) is 9.07. The van der Waals surface area contributed by atoms with Gasteiger partial charge in [-0.3, -0.25) is 9.69 Å². The summed E-state index contributed by atoms with van der Waals surface area (Å²) < 4.78 is 12.0. The number of rotatable bonds is 6. The molecule has 2 N–H and O–H groups in total. The summed E-state index contributed by atoms with van der Waals surface area (Å²) in [7, 11) is 0. The molecule has 2 atom stereocenters. The van der Waals surface area contributed by atoms with Crippen molar-refractivity contribution in [2.24, 2.45) is 0 Å². The van der Waals surface area contributed by atoms with E-state index in [-0.39, 0.29) is 0 Å². The molecule has 3 aliphatic heterocycles. The average Bonchev–Trinajstić information content (AvgIpc) is 3.37. The summed E-state index contributed by atoms with van der Waals surface area (Å²) in [6, 6.07) is 11.5. The largest absolute Gasteiger partial charge is 0.489 e. The molecule has 2 aromatic rings. The fraction of sp³-hybridized carbons (Fsp3) is 0.423. The lowest BCUT2D eigenvalue weighted by atomic mass is 9.96. The van der Waals surface area contributed by atoms with Crippen molar-refractivity contribution >= 4 is 12.0 Å². The molecular weight excluding hydrogens is 406 g/mol. The molecule has 0 spiro atoms. The van der Waals surface area contributed by atoms with Gasteiger partial charge in [0.15, 0.2) is 0 Å². The van der Waals surface area contributed by atoms with Crippen LogP contribution in [-0.4, -0.2) is 46.8 Å². The fourth-order valence-electron chi connectivity index (χ4n) is 5.02. The molecule has 0 radical (unpaired) electrons. The Hall–Kier alpha value is -2.83. The number of ether oxygens (including phenoxy) is 2. The van der Waals surface area contributed by atoms with E-state index < -0.39 is 17.8 Å². The Morgan fingerprint density at radius 3 is 2.91 bits per heavy atom. The van der Waals surface area contributed by atoms with Crippen LogP contribution < -0.4 is 9.47 Å². The van der Waals surface area contributed by atoms with Gasteiger partial charge in [-0.25, -0.2) is 0 Å². The van der Waals surface area contributed by atoms with E-state index in [1.807, 2.05) is 35.2 Å². The summed E-state index contributed by atoms with van der Waals surface area (Å²) in [4.78, 5) is 13.5. The summed E-state index contributed by atoms with van der Waals surface area (Å²) in [6.07, 6.45) is 6.14. The number of aliphatic carboxylic acids is 1. The van der Waals surface area contributed by atoms with Crippen molar-refractivity contribution < 1.29 is 24.5 Å². The van der Waals surface area contributed by atoms with Gasteiger partial charge < -0.3 is 19.7 Å². The maximum Gasteiger partial charge on any atom is 0.320 e. The van der Waals surface area contributed by atoms with Gasteiger partial charge >= 0.3 is 5.97 Å². The van der Waals surface area contributed by atoms with Crippen LogP contribution in [0.25, 0.3) is 6.08 Å². The molecule has 0 amide bonds. The molecule has 32 heavy (non-hydrogen) atoms. The van der Waals surface area contributed by atoms with Crippen molar-refractivity contribution in [2.45, 2.75) is 50.9 Å². The van der Waals surface area contributed by atoms with Gasteiger partial charge in [-0.05, 0) is 55.2 Å². The van der Waals surface area contributed by atoms with Crippen molar-refractivity contribution in [2.75, 3.05) is 19.7 Å². The van der Waals surface area contributed by atoms with E-state index in [0.717, 1.165) is 48.3 Å². The van der Waals surface area contributed by atoms with Crippen molar-refractivity contribution in [3.63, 3.8) is 0 Å². The summed E-state index contributed by atoms with van der Waals surface area (Å²) in [5.41, 5.74) is 4.89. The van der Waals surface area contributed by atoms with Crippen molar-refractivity contribution in [3.8, 4) is 11.5 Å². The number of carboxylic acids is 1. The van der Waals surface area contributed by atoms with Crippen LogP contribution in [0.5, 0.6) is 11.5 Å². The van der Waals surface area contributed by atoms with Crippen molar-refractivity contribution in [1.29, 1.82) is 0 Å². The molecule has 0 aliphatic carbocycles. The molecule has 2 unspecified atom stereocenters. The smallest absolute Gasteiger partial charge is 0.320 e. The molecule has 1 fully saturated rings. The molecule has 0 saturated carbocycles. The van der Waals surface area contributed by atoms with Gasteiger partial charge in [0.05, 0.1) is 0 Å². The zero-order valence-electron chi connectivity index (χ0n) is 18.3. The highest BCUT2D eigenvalue weighted by Crippen LogP contribution is 2.42. The molecule has 2 aromatic carbocycles. The summed E-state index contributed by atoms with van der Waals surface area (Å²) >= 11 is 0. The number of carboxylic acid groups (broad SMARTS) is 1. The van der Waals surface area contributed by atoms with Gasteiger partial charge in [-0.2, -0.15) is 0 Å². The lowest BCUT2D eigenvalue weighted by molar-refractivity contribution is -0.142. The van der Waals surface area contributed by atoms with Crippen LogP contribution in [0, 0.1) is 0 Å². The first-order valence-electron chi connectivity index (χ1n) is 11.4. The molecular formula is C26H29NO5. The van der Waals surface area contributed by atoms with E-state index in [0.29, 0.717) is 37.3 Å². The Morgan fingerprint density at radius 2 is 2.09 bits per heavy atom. The van der Waals surface area contributed by atoms with E-state index in [4.69, 9.17) is 9.47 Å². The maximum atomic E-state index is 11.5. The second kappa shape index (κ2) is 8.26. The minimum absolute atomic E-state index is 0.403. The quantitative estimate of drug-likeness (QED) is 0.720. The number of fused-ring (bicyclic) bond motifs is 2. The third-order valence-electron chi connectivity index (χ3n) is 6.67. The zero-order valence-corrected chi connectivity index (χ0v) is 18.3. The summed E-state index contributed by atoms with van der Waals surface area (Å²) in [5.74, 6) is -0.697. The lowest BCUT2D eigenvalue weighted by Gasteiger charge is -2.27. The van der Waals surface area contributed by atoms with Crippen LogP contribution in [0.15, 0.2) is 42.0 Å². The van der Waals surface area contributed by atoms with Gasteiger partial charge in [0.25, 0.3) is 0 Å². The van der Waals surface area contributed by atoms with Gasteiger partial charge in [-0.1, -0.05) is 37.6 Å². The maximum absolute atomic E-state index is 11.5. The Bertz CT molecular complexity index is 1080. The molecule has 0 bridgehead atoms. The molecule has 3 heterocycles. The first-order chi connectivity index (χ1) is 15.4. The number of aryl methyl sites for hydroxylation is 1. The summed E-state index contributed by atoms with van der Waals surface area (Å²) in [5, 5.41) is 20.7. The second-order valence-electron chi connectivity index (χ2n) is 9.07. The predicted molar refractivity (Wildman–Crippen MR) is 121 cm³/mol. The van der Waals surface area contributed by atoms with Crippen LogP contribution in [0.3, 0.4) is 0 Å². The molecule has 6 heteroatoms. The van der Waals surface area contributed by atoms with Gasteiger partial charge in [0, 0.05) is 29.7 Å². The first-order valence-corrected chi connectivity index (χ1v) is 11.4. The van der Waals surface area contributed by atoms with Crippen molar-refractivity contribution in [1.82, 2.24) is 4.90 Å².